The Morgan fingerprint density at radius 3 is 2.61 bits per heavy atom. The summed E-state index contributed by atoms with van der Waals surface area (Å²) in [6, 6.07) is 19.2. The molecule has 41 heavy (non-hydrogen) atoms. The third-order valence-corrected chi connectivity index (χ3v) is 7.35. The van der Waals surface area contributed by atoms with Crippen molar-refractivity contribution in [2.45, 2.75) is 6.54 Å². The monoisotopic (exact) mass is 570 g/mol. The Kier molecular flexibility index (Phi) is 8.00. The molecule has 1 aromatic heterocycles. The fourth-order valence-electron chi connectivity index (χ4n) is 4.96. The minimum Gasteiger partial charge on any atom is -0.379 e. The highest BCUT2D eigenvalue weighted by atomic mass is 35.5. The van der Waals surface area contributed by atoms with Gasteiger partial charge >= 0.3 is 0 Å². The van der Waals surface area contributed by atoms with Crippen LogP contribution in [0.5, 0.6) is 0 Å². The van der Waals surface area contributed by atoms with Crippen LogP contribution >= 0.6 is 11.6 Å². The zero-order valence-corrected chi connectivity index (χ0v) is 23.0. The summed E-state index contributed by atoms with van der Waals surface area (Å²) in [5.41, 5.74) is 5.24. The van der Waals surface area contributed by atoms with Crippen molar-refractivity contribution in [3.05, 3.63) is 106 Å². The fourth-order valence-corrected chi connectivity index (χ4v) is 5.13. The molecule has 2 aliphatic heterocycles. The summed E-state index contributed by atoms with van der Waals surface area (Å²) in [5, 5.41) is 6.72. The SMILES string of the molecule is O=C(NCCN1CCOCC1)c1ccc(Nc2ncc3c(n2)-c2ccc(Cl)cc2C(c2ccccc2F)=NC3)cc1. The Morgan fingerprint density at radius 2 is 1.80 bits per heavy atom. The quantitative estimate of drug-likeness (QED) is 0.321. The van der Waals surface area contributed by atoms with Crippen molar-refractivity contribution in [2.75, 3.05) is 44.7 Å². The van der Waals surface area contributed by atoms with Crippen LogP contribution in [-0.4, -0.2) is 65.9 Å². The van der Waals surface area contributed by atoms with Gasteiger partial charge in [-0.05, 0) is 48.5 Å². The summed E-state index contributed by atoms with van der Waals surface area (Å²) >= 11 is 6.36. The molecule has 3 heterocycles. The molecule has 8 nitrogen and oxygen atoms in total. The average molecular weight is 571 g/mol. The molecular formula is C31H28ClFN6O2. The predicted molar refractivity (Wildman–Crippen MR) is 158 cm³/mol. The maximum atomic E-state index is 14.8. The number of rotatable bonds is 7. The van der Waals surface area contributed by atoms with Crippen molar-refractivity contribution < 1.29 is 13.9 Å². The average Bonchev–Trinajstić information content (AvgIpc) is 3.14. The van der Waals surface area contributed by atoms with Crippen molar-refractivity contribution >= 4 is 34.9 Å². The molecule has 0 unspecified atom stereocenters. The second-order valence-electron chi connectivity index (χ2n) is 9.81. The van der Waals surface area contributed by atoms with Gasteiger partial charge < -0.3 is 15.4 Å². The van der Waals surface area contributed by atoms with Gasteiger partial charge in [-0.1, -0.05) is 29.8 Å². The van der Waals surface area contributed by atoms with Gasteiger partial charge in [0.25, 0.3) is 5.91 Å². The number of aliphatic imine (C=N–C) groups is 1. The first-order valence-electron chi connectivity index (χ1n) is 13.5. The summed E-state index contributed by atoms with van der Waals surface area (Å²) < 4.78 is 20.1. The lowest BCUT2D eigenvalue weighted by molar-refractivity contribution is 0.0383. The molecule has 0 atom stereocenters. The highest BCUT2D eigenvalue weighted by Gasteiger charge is 2.23. The maximum Gasteiger partial charge on any atom is 0.251 e. The van der Waals surface area contributed by atoms with E-state index >= 15 is 0 Å². The van der Waals surface area contributed by atoms with Crippen LogP contribution in [0, 0.1) is 5.82 Å². The molecule has 2 N–H and O–H groups in total. The van der Waals surface area contributed by atoms with Gasteiger partial charge in [-0.15, -0.1) is 0 Å². The molecule has 0 bridgehead atoms. The third kappa shape index (κ3) is 6.12. The normalized spacial score (nSPS) is 14.8. The number of halogens is 2. The summed E-state index contributed by atoms with van der Waals surface area (Å²) in [5.74, 6) is -0.0838. The first-order chi connectivity index (χ1) is 20.0. The molecule has 4 aromatic rings. The number of fused-ring (bicyclic) bond motifs is 3. The zero-order valence-electron chi connectivity index (χ0n) is 22.2. The fraction of sp³-hybridized carbons (Fsp3) is 0.226. The smallest absolute Gasteiger partial charge is 0.251 e. The molecule has 0 spiro atoms. The van der Waals surface area contributed by atoms with E-state index in [-0.39, 0.29) is 11.7 Å². The van der Waals surface area contributed by atoms with Gasteiger partial charge in [0.05, 0.1) is 31.2 Å². The van der Waals surface area contributed by atoms with Gasteiger partial charge in [-0.3, -0.25) is 14.7 Å². The maximum absolute atomic E-state index is 14.8. The second-order valence-corrected chi connectivity index (χ2v) is 10.3. The Balaban J connectivity index is 1.19. The molecule has 10 heteroatoms. The Bertz CT molecular complexity index is 1600. The van der Waals surface area contributed by atoms with Crippen molar-refractivity contribution in [3.8, 4) is 11.3 Å². The summed E-state index contributed by atoms with van der Waals surface area (Å²) in [4.78, 5) is 28.9. The van der Waals surface area contributed by atoms with Crippen molar-refractivity contribution in [1.29, 1.82) is 0 Å². The predicted octanol–water partition coefficient (Wildman–Crippen LogP) is 5.09. The molecule has 1 saturated heterocycles. The number of morpholine rings is 1. The van der Waals surface area contributed by atoms with Gasteiger partial charge in [0.1, 0.15) is 5.82 Å². The van der Waals surface area contributed by atoms with Crippen molar-refractivity contribution in [2.24, 2.45) is 4.99 Å². The molecule has 1 amide bonds. The molecule has 0 aliphatic carbocycles. The van der Waals surface area contributed by atoms with Crippen LogP contribution in [0.25, 0.3) is 11.3 Å². The number of aromatic nitrogens is 2. The van der Waals surface area contributed by atoms with Crippen LogP contribution < -0.4 is 10.6 Å². The van der Waals surface area contributed by atoms with E-state index in [2.05, 4.69) is 20.5 Å². The van der Waals surface area contributed by atoms with Crippen LogP contribution in [0.15, 0.2) is 77.9 Å². The van der Waals surface area contributed by atoms with Crippen LogP contribution in [0.3, 0.4) is 0 Å². The Hall–Kier alpha value is -4.18. The van der Waals surface area contributed by atoms with E-state index < -0.39 is 0 Å². The summed E-state index contributed by atoms with van der Waals surface area (Å²) in [6.45, 7) is 4.92. The standard InChI is InChI=1S/C31H28ClFN6O2/c32-22-7-10-24-26(17-22)29(25-3-1-2-4-27(25)33)35-18-21-19-36-31(38-28(21)24)37-23-8-5-20(6-9-23)30(40)34-11-12-39-13-15-41-16-14-39/h1-10,17,19H,11-16,18H2,(H,34,40)(H,36,37,38). The van der Waals surface area contributed by atoms with E-state index in [0.29, 0.717) is 52.2 Å². The van der Waals surface area contributed by atoms with Crippen LogP contribution in [-0.2, 0) is 11.3 Å². The Morgan fingerprint density at radius 1 is 1.00 bits per heavy atom. The van der Waals surface area contributed by atoms with E-state index in [1.165, 1.54) is 6.07 Å². The number of carbonyl (C=O) groups excluding carboxylic acids is 1. The van der Waals surface area contributed by atoms with E-state index in [4.69, 9.17) is 26.3 Å². The summed E-state index contributed by atoms with van der Waals surface area (Å²) in [6.07, 6.45) is 1.73. The number of carbonyl (C=O) groups is 1. The van der Waals surface area contributed by atoms with Crippen molar-refractivity contribution in [1.82, 2.24) is 20.2 Å². The number of benzene rings is 3. The molecule has 3 aromatic carbocycles. The van der Waals surface area contributed by atoms with Gasteiger partial charge in [0.2, 0.25) is 5.95 Å². The number of amides is 1. The van der Waals surface area contributed by atoms with Crippen LogP contribution in [0.4, 0.5) is 16.0 Å². The van der Waals surface area contributed by atoms with Gasteiger partial charge in [-0.25, -0.2) is 14.4 Å². The van der Waals surface area contributed by atoms with Crippen LogP contribution in [0.1, 0.15) is 27.0 Å². The van der Waals surface area contributed by atoms with E-state index in [1.54, 1.807) is 48.7 Å². The lowest BCUT2D eigenvalue weighted by Gasteiger charge is -2.26. The first-order valence-corrected chi connectivity index (χ1v) is 13.8. The third-order valence-electron chi connectivity index (χ3n) is 7.11. The van der Waals surface area contributed by atoms with Gasteiger partial charge in [-0.2, -0.15) is 0 Å². The van der Waals surface area contributed by atoms with Gasteiger partial charge in [0, 0.05) is 70.9 Å². The minimum atomic E-state index is -0.356. The Labute approximate surface area is 242 Å². The molecule has 1 fully saturated rings. The number of nitrogens with zero attached hydrogens (tertiary/aromatic N) is 4. The number of ether oxygens (including phenoxy) is 1. The number of hydrogen-bond donors (Lipinski definition) is 2. The molecule has 208 valence electrons. The lowest BCUT2D eigenvalue weighted by Crippen LogP contribution is -2.41. The highest BCUT2D eigenvalue weighted by Crippen LogP contribution is 2.34. The summed E-state index contributed by atoms with van der Waals surface area (Å²) in [7, 11) is 0. The number of anilines is 2. The zero-order chi connectivity index (χ0) is 28.2. The van der Waals surface area contributed by atoms with Crippen molar-refractivity contribution in [3.63, 3.8) is 0 Å². The minimum absolute atomic E-state index is 0.119. The molecule has 2 aliphatic rings. The van der Waals surface area contributed by atoms with E-state index in [9.17, 15) is 9.18 Å². The lowest BCUT2D eigenvalue weighted by atomic mass is 9.95. The molecule has 0 radical (unpaired) electrons. The number of hydrogen-bond acceptors (Lipinski definition) is 7. The van der Waals surface area contributed by atoms with E-state index in [0.717, 1.165) is 49.7 Å². The van der Waals surface area contributed by atoms with E-state index in [1.807, 2.05) is 18.2 Å². The second kappa shape index (κ2) is 12.1. The first kappa shape index (κ1) is 27.0. The molecular weight excluding hydrogens is 543 g/mol. The highest BCUT2D eigenvalue weighted by molar-refractivity contribution is 6.31. The topological polar surface area (TPSA) is 91.7 Å². The van der Waals surface area contributed by atoms with Gasteiger partial charge in [0.15, 0.2) is 0 Å². The van der Waals surface area contributed by atoms with Crippen LogP contribution in [0.2, 0.25) is 5.02 Å². The largest absolute Gasteiger partial charge is 0.379 e. The molecule has 0 saturated carbocycles. The molecule has 6 rings (SSSR count). The number of nitrogens with one attached hydrogen (secondary N) is 2.